The van der Waals surface area contributed by atoms with Crippen molar-refractivity contribution in [2.75, 3.05) is 71.3 Å². The number of halogens is 1. The maximum Gasteiger partial charge on any atom is 0.408 e. The molecule has 2 atom stereocenters. The summed E-state index contributed by atoms with van der Waals surface area (Å²) in [7, 11) is 7.14. The van der Waals surface area contributed by atoms with Gasteiger partial charge < -0.3 is 67.2 Å². The zero-order chi connectivity index (χ0) is 105. The number of rotatable bonds is 40. The fourth-order valence-corrected chi connectivity index (χ4v) is 18.1. The van der Waals surface area contributed by atoms with Crippen molar-refractivity contribution in [1.29, 1.82) is 0 Å². The number of hydrogen-bond acceptors (Lipinski definition) is 30. The molecule has 0 saturated carbocycles. The van der Waals surface area contributed by atoms with Crippen LogP contribution in [0.3, 0.4) is 0 Å². The third-order valence-corrected chi connectivity index (χ3v) is 24.9. The van der Waals surface area contributed by atoms with Crippen LogP contribution < -0.4 is 42.4 Å². The van der Waals surface area contributed by atoms with Crippen LogP contribution >= 0.6 is 10.7 Å². The first-order valence-electron chi connectivity index (χ1n) is 47.3. The molecule has 2 unspecified atom stereocenters. The third-order valence-electron chi connectivity index (χ3n) is 22.0. The lowest BCUT2D eigenvalue weighted by atomic mass is 9.97. The van der Waals surface area contributed by atoms with Gasteiger partial charge in [-0.25, -0.2) is 40.7 Å². The number of pyridine rings is 8. The van der Waals surface area contributed by atoms with Crippen LogP contribution in [0.15, 0.2) is 302 Å². The summed E-state index contributed by atoms with van der Waals surface area (Å²) < 4.78 is 66.0. The summed E-state index contributed by atoms with van der Waals surface area (Å²) in [4.78, 5) is 100. The zero-order valence-electron chi connectivity index (χ0n) is 84.1. The van der Waals surface area contributed by atoms with Crippen molar-refractivity contribution in [3.05, 3.63) is 371 Å². The van der Waals surface area contributed by atoms with E-state index in [4.69, 9.17) is 42.1 Å². The van der Waals surface area contributed by atoms with Gasteiger partial charge in [-0.1, -0.05) is 121 Å². The van der Waals surface area contributed by atoms with Gasteiger partial charge in [0, 0.05) is 261 Å². The highest BCUT2D eigenvalue weighted by Crippen LogP contribution is 2.36. The van der Waals surface area contributed by atoms with E-state index in [2.05, 4.69) is 74.8 Å². The Morgan fingerprint density at radius 1 is 0.370 bits per heavy atom. The predicted molar refractivity (Wildman–Crippen MR) is 567 cm³/mol. The van der Waals surface area contributed by atoms with Crippen molar-refractivity contribution in [3.8, 4) is 11.5 Å². The second kappa shape index (κ2) is 56.2. The molecule has 34 nitrogen and oxygen atoms in total. The van der Waals surface area contributed by atoms with E-state index in [-0.39, 0.29) is 47.2 Å². The normalized spacial score (nSPS) is 11.9. The Hall–Kier alpha value is -14.4. The molecule has 12 N–H and O–H groups in total. The highest BCUT2D eigenvalue weighted by molar-refractivity contribution is 8.14. The molecule has 8 aromatic heterocycles. The Balaban J connectivity index is 0.000000216. The van der Waals surface area contributed by atoms with Crippen LogP contribution in [0.1, 0.15) is 120 Å². The quantitative estimate of drug-likeness (QED) is 0.00978. The first-order chi connectivity index (χ1) is 69.8. The number of esters is 1. The average Bonchev–Trinajstić information content (AvgIpc) is 0.773. The zero-order valence-corrected chi connectivity index (χ0v) is 86.5. The molecule has 0 spiro atoms. The second-order valence-corrected chi connectivity index (χ2v) is 40.9. The summed E-state index contributed by atoms with van der Waals surface area (Å²) >= 11 is 0. The Bertz CT molecular complexity index is 6320. The molecule has 0 aliphatic rings. The van der Waals surface area contributed by atoms with Crippen LogP contribution in [0.25, 0.3) is 21.5 Å². The van der Waals surface area contributed by atoms with Crippen LogP contribution in [0, 0.1) is 0 Å². The van der Waals surface area contributed by atoms with E-state index < -0.39 is 66.5 Å². The van der Waals surface area contributed by atoms with Crippen molar-refractivity contribution >= 4 is 86.8 Å². The topological polar surface area (TPSA) is 462 Å². The van der Waals surface area contributed by atoms with Crippen molar-refractivity contribution in [2.24, 2.45) is 17.2 Å². The minimum Gasteiger partial charge on any atom is -0.507 e. The molecule has 0 radical (unpaired) electrons. The molecule has 0 bridgehead atoms. The molecule has 37 heteroatoms. The Kier molecular flexibility index (Phi) is 43.7. The highest BCUT2D eigenvalue weighted by atomic mass is 35.7. The predicted octanol–water partition coefficient (Wildman–Crippen LogP) is 14.8. The molecule has 2 amide bonds. The van der Waals surface area contributed by atoms with E-state index in [0.717, 1.165) is 67.7 Å². The van der Waals surface area contributed by atoms with Crippen LogP contribution in [-0.4, -0.2) is 201 Å². The average molecular weight is 2040 g/mol. The van der Waals surface area contributed by atoms with E-state index in [1.54, 1.807) is 128 Å². The molecule has 6 aromatic carbocycles. The van der Waals surface area contributed by atoms with Crippen LogP contribution in [0.4, 0.5) is 21.0 Å². The second-order valence-electron chi connectivity index (χ2n) is 36.6. The maximum absolute atomic E-state index is 13.0. The SMILES string of the molecule is CC(C)(C)OC(=O)NC(Cc1cc(CN(Cc2ccccn2)Cc2ccccn2)c(O)c(CN(Cc2ccccn2)Cc2ccccn2)c1)C(=O)O.CN(C)c1cccc2c(S(=O)(=O)Cl)cccc12.CN(C)c1cccc2c(S(=O)(=O)NCCN)cccc12.COC(=O)C(Cc1cc(CN(Cc2ccccn2)Cc2ccccn2)c(O)c(CN(Cc2ccccn2)Cc2ccccn2)c1)NC(=O)OC(C)(C)C.NCCN. The van der Waals surface area contributed by atoms with Gasteiger partial charge >= 0.3 is 24.1 Å². The number of aliphatic carboxylic acids is 1. The van der Waals surface area contributed by atoms with E-state index >= 15 is 0 Å². The number of phenols is 2. The Morgan fingerprint density at radius 2 is 0.637 bits per heavy atom. The number of nitrogens with zero attached hydrogens (tertiary/aromatic N) is 14. The number of amides is 2. The summed E-state index contributed by atoms with van der Waals surface area (Å²) in [6.07, 6.45) is 12.5. The summed E-state index contributed by atoms with van der Waals surface area (Å²) in [5.74, 6) is -1.61. The standard InChI is InChI=1S/C41H47N7O5.C40H45N7O5.C14H19N3O2S.C12H12ClNO2S.C2H8N2/c1-41(2,3)53-40(51)46-37(39(50)52-4)23-30-21-31(24-47(26-33-13-5-9-17-42-33)27-34-14-6-10-18-43-34)38(49)32(22-30)25-48(28-35-15-7-11-19-44-35)29-36-16-8-12-20-45-36;1-40(2,3)52-39(51)45-36(38(49)50)22-29-20-30(23-46(25-32-12-4-8-16-41-32)26-33-13-5-9-17-42-33)37(48)31(21-29)24-47(27-34-14-6-10-18-43-34)28-35-15-7-11-19-44-35;1-17(2)13-7-3-6-12-11(13)5-4-8-14(12)20(18,19)16-10-9-15;1-14(2)11-7-3-6-10-9(11)5-4-8-12(10)17(13,15)16;3-1-2-4/h5-22,37,49H,23-29H2,1-4H3,(H,46,51);4-21,36,48H,22-28H2,1-3H3,(H,45,51)(H,49,50);3-8,16H,9-10,15H2,1-2H3;3-8H,1-2H3;1-4H2. The lowest BCUT2D eigenvalue weighted by molar-refractivity contribution is -0.143. The number of carbonyl (C=O) groups is 4. The van der Waals surface area contributed by atoms with E-state index in [0.29, 0.717) is 136 Å². The number of sulfonamides is 1. The fraction of sp³-hybridized carbons (Fsp3) is 0.303. The number of benzene rings is 6. The number of hydrogen-bond donors (Lipinski definition) is 9. The van der Waals surface area contributed by atoms with Crippen LogP contribution in [0.2, 0.25) is 0 Å². The smallest absolute Gasteiger partial charge is 0.408 e. The van der Waals surface area contributed by atoms with Gasteiger partial charge in [0.2, 0.25) is 10.0 Å². The lowest BCUT2D eigenvalue weighted by Gasteiger charge is -2.26. The molecule has 0 fully saturated rings. The number of anilines is 2. The fourth-order valence-electron chi connectivity index (χ4n) is 15.7. The molecule has 0 aliphatic heterocycles. The Morgan fingerprint density at radius 3 is 0.884 bits per heavy atom. The minimum atomic E-state index is -3.72. The van der Waals surface area contributed by atoms with Crippen molar-refractivity contribution in [3.63, 3.8) is 0 Å². The molecule has 770 valence electrons. The first kappa shape index (κ1) is 114. The number of nitrogens with one attached hydrogen (secondary N) is 3. The number of carbonyl (C=O) groups excluding carboxylic acids is 3. The number of aromatic nitrogens is 8. The number of phenolic OH excluding ortho intramolecular Hbond substituents is 2. The number of carboxylic acids is 1. The molecule has 14 rings (SSSR count). The van der Waals surface area contributed by atoms with Gasteiger partial charge in [0.15, 0.2) is 0 Å². The third kappa shape index (κ3) is 37.3. The van der Waals surface area contributed by atoms with Crippen LogP contribution in [-0.2, 0) is 134 Å². The van der Waals surface area contributed by atoms with Crippen LogP contribution in [0.5, 0.6) is 11.5 Å². The molecule has 8 heterocycles. The molecule has 14 aromatic rings. The van der Waals surface area contributed by atoms with Gasteiger partial charge in [0.25, 0.3) is 9.05 Å². The van der Waals surface area contributed by atoms with Gasteiger partial charge in [-0.05, 0) is 174 Å². The van der Waals surface area contributed by atoms with Gasteiger partial charge in [-0.3, -0.25) is 59.5 Å². The number of fused-ring (bicyclic) bond motifs is 2. The first-order valence-corrected chi connectivity index (χ1v) is 51.1. The Labute approximate surface area is 858 Å². The number of nitrogens with two attached hydrogens (primary N) is 3. The minimum absolute atomic E-state index is 0.0458. The van der Waals surface area contributed by atoms with Crippen molar-refractivity contribution < 1.29 is 65.5 Å². The lowest BCUT2D eigenvalue weighted by Crippen LogP contribution is -2.45. The van der Waals surface area contributed by atoms with Gasteiger partial charge in [0.05, 0.1) is 62.5 Å². The number of methoxy groups -OCH3 is 1. The van der Waals surface area contributed by atoms with Gasteiger partial charge in [-0.2, -0.15) is 0 Å². The molecular formula is C109H131ClN20O14S2. The molecule has 0 saturated heterocycles. The summed E-state index contributed by atoms with van der Waals surface area (Å²) in [6, 6.07) is 72.6. The van der Waals surface area contributed by atoms with E-state index in [1.165, 1.54) is 13.2 Å². The number of ether oxygens (including phenoxy) is 3. The van der Waals surface area contributed by atoms with Crippen molar-refractivity contribution in [1.82, 2.24) is 74.8 Å². The number of aromatic hydroxyl groups is 2. The largest absolute Gasteiger partial charge is 0.507 e. The molecule has 0 aliphatic carbocycles. The van der Waals surface area contributed by atoms with Crippen molar-refractivity contribution in [2.45, 2.75) is 166 Å². The molecular weight excluding hydrogens is 1910 g/mol. The molecule has 146 heavy (non-hydrogen) atoms. The maximum atomic E-state index is 13.0. The number of alkyl carbamates (subject to hydrolysis) is 2. The summed E-state index contributed by atoms with van der Waals surface area (Å²) in [5.41, 5.74) is 26.2. The summed E-state index contributed by atoms with van der Waals surface area (Å²) in [5, 5.41) is 42.5. The summed E-state index contributed by atoms with van der Waals surface area (Å²) in [6.45, 7) is 17.2. The number of carboxylic acid groups (broad SMARTS) is 1. The monoisotopic (exact) mass is 2040 g/mol. The van der Waals surface area contributed by atoms with E-state index in [1.807, 2.05) is 238 Å². The highest BCUT2D eigenvalue weighted by Gasteiger charge is 2.31. The van der Waals surface area contributed by atoms with Gasteiger partial charge in [0.1, 0.15) is 34.8 Å². The van der Waals surface area contributed by atoms with Gasteiger partial charge in [-0.15, -0.1) is 0 Å². The van der Waals surface area contributed by atoms with E-state index in [9.17, 15) is 51.3 Å².